The maximum absolute atomic E-state index is 12.8. The van der Waals surface area contributed by atoms with Gasteiger partial charge >= 0.3 is 11.9 Å². The van der Waals surface area contributed by atoms with Crippen LogP contribution >= 0.6 is 0 Å². The number of carbonyl (C=O) groups excluding carboxylic acids is 2. The van der Waals surface area contributed by atoms with E-state index in [9.17, 15) is 9.59 Å². The Labute approximate surface area is 193 Å². The fraction of sp³-hybridized carbons (Fsp3) is 0.320. The van der Waals surface area contributed by atoms with E-state index in [0.29, 0.717) is 29.4 Å². The highest BCUT2D eigenvalue weighted by Gasteiger charge is 2.31. The molecule has 0 bridgehead atoms. The van der Waals surface area contributed by atoms with Crippen molar-refractivity contribution in [3.05, 3.63) is 59.8 Å². The molecule has 3 aromatic rings. The van der Waals surface area contributed by atoms with E-state index >= 15 is 0 Å². The molecule has 3 rings (SSSR count). The summed E-state index contributed by atoms with van der Waals surface area (Å²) in [6.07, 6.45) is 0.841. The molecule has 0 aliphatic heterocycles. The Kier molecular flexibility index (Phi) is 7.71. The highest BCUT2D eigenvalue weighted by Crippen LogP contribution is 2.36. The second-order valence-electron chi connectivity index (χ2n) is 7.23. The van der Waals surface area contributed by atoms with Gasteiger partial charge in [0.1, 0.15) is 11.3 Å². The van der Waals surface area contributed by atoms with Crippen molar-refractivity contribution in [3.8, 4) is 28.4 Å². The van der Waals surface area contributed by atoms with Crippen molar-refractivity contribution in [1.82, 2.24) is 9.78 Å². The van der Waals surface area contributed by atoms with Gasteiger partial charge in [0, 0.05) is 5.56 Å². The van der Waals surface area contributed by atoms with Crippen molar-refractivity contribution in [2.75, 3.05) is 20.8 Å². The van der Waals surface area contributed by atoms with E-state index in [4.69, 9.17) is 18.9 Å². The molecule has 0 N–H and O–H groups in total. The predicted molar refractivity (Wildman–Crippen MR) is 123 cm³/mol. The number of nitrogens with zero attached hydrogens (tertiary/aromatic N) is 2. The smallest absolute Gasteiger partial charge is 0.357 e. The Balaban J connectivity index is 2.25. The molecule has 0 fully saturated rings. The number of methoxy groups -OCH3 is 2. The lowest BCUT2D eigenvalue weighted by atomic mass is 10.0. The molecule has 0 saturated heterocycles. The van der Waals surface area contributed by atoms with E-state index in [2.05, 4.69) is 5.10 Å². The average molecular weight is 453 g/mol. The summed E-state index contributed by atoms with van der Waals surface area (Å²) in [4.78, 5) is 25.6. The van der Waals surface area contributed by atoms with Gasteiger partial charge in [-0.05, 0) is 50.6 Å². The number of carbonyl (C=O) groups is 2. The Morgan fingerprint density at radius 1 is 0.970 bits per heavy atom. The number of para-hydroxylation sites is 1. The second-order valence-corrected chi connectivity index (χ2v) is 7.23. The van der Waals surface area contributed by atoms with Crippen molar-refractivity contribution in [3.63, 3.8) is 0 Å². The van der Waals surface area contributed by atoms with Crippen LogP contribution in [0, 0.1) is 0 Å². The minimum Gasteiger partial charge on any atom is -0.490 e. The molecule has 0 aliphatic carbocycles. The lowest BCUT2D eigenvalue weighted by Crippen LogP contribution is -2.15. The molecular weight excluding hydrogens is 424 g/mol. The lowest BCUT2D eigenvalue weighted by molar-refractivity contribution is 0.0549. The summed E-state index contributed by atoms with van der Waals surface area (Å²) in [6.45, 7) is 6.31. The van der Waals surface area contributed by atoms with Crippen LogP contribution in [0.25, 0.3) is 16.9 Å². The van der Waals surface area contributed by atoms with Gasteiger partial charge in [-0.15, -0.1) is 0 Å². The SMILES string of the molecule is CCOc1cc(-c2nn(-c3ccccc3)c(C(=O)OC)c2C(=O)OC)ccc1OC(C)CC. The molecule has 33 heavy (non-hydrogen) atoms. The first-order chi connectivity index (χ1) is 15.9. The zero-order chi connectivity index (χ0) is 24.0. The van der Waals surface area contributed by atoms with Gasteiger partial charge in [0.15, 0.2) is 17.2 Å². The first-order valence-corrected chi connectivity index (χ1v) is 10.7. The normalized spacial score (nSPS) is 11.5. The van der Waals surface area contributed by atoms with E-state index in [-0.39, 0.29) is 23.1 Å². The fourth-order valence-electron chi connectivity index (χ4n) is 3.28. The quantitative estimate of drug-likeness (QED) is 0.435. The highest BCUT2D eigenvalue weighted by molar-refractivity contribution is 6.06. The van der Waals surface area contributed by atoms with Crippen LogP contribution < -0.4 is 9.47 Å². The second kappa shape index (κ2) is 10.7. The molecule has 0 radical (unpaired) electrons. The number of esters is 2. The number of aromatic nitrogens is 2. The maximum atomic E-state index is 12.8. The van der Waals surface area contributed by atoms with Crippen molar-refractivity contribution >= 4 is 11.9 Å². The third-order valence-corrected chi connectivity index (χ3v) is 5.07. The van der Waals surface area contributed by atoms with Gasteiger partial charge in [0.25, 0.3) is 0 Å². The van der Waals surface area contributed by atoms with Crippen molar-refractivity contribution in [1.29, 1.82) is 0 Å². The van der Waals surface area contributed by atoms with E-state index in [1.165, 1.54) is 18.9 Å². The highest BCUT2D eigenvalue weighted by atomic mass is 16.5. The maximum Gasteiger partial charge on any atom is 0.357 e. The largest absolute Gasteiger partial charge is 0.490 e. The zero-order valence-electron chi connectivity index (χ0n) is 19.5. The first kappa shape index (κ1) is 23.8. The summed E-state index contributed by atoms with van der Waals surface area (Å²) >= 11 is 0. The Morgan fingerprint density at radius 3 is 2.27 bits per heavy atom. The minimum atomic E-state index is -0.709. The van der Waals surface area contributed by atoms with Crippen LogP contribution in [0.3, 0.4) is 0 Å². The number of ether oxygens (including phenoxy) is 4. The summed E-state index contributed by atoms with van der Waals surface area (Å²) < 4.78 is 23.1. The van der Waals surface area contributed by atoms with Gasteiger partial charge in [-0.2, -0.15) is 5.10 Å². The number of hydrogen-bond acceptors (Lipinski definition) is 7. The monoisotopic (exact) mass is 452 g/mol. The number of benzene rings is 2. The first-order valence-electron chi connectivity index (χ1n) is 10.7. The molecule has 8 heteroatoms. The molecule has 1 heterocycles. The topological polar surface area (TPSA) is 88.9 Å². The van der Waals surface area contributed by atoms with Gasteiger partial charge in [-0.3, -0.25) is 0 Å². The van der Waals surface area contributed by atoms with Gasteiger partial charge in [0.05, 0.1) is 32.6 Å². The summed E-state index contributed by atoms with van der Waals surface area (Å²) in [5.41, 5.74) is 1.41. The summed E-state index contributed by atoms with van der Waals surface area (Å²) in [5.74, 6) is -0.310. The van der Waals surface area contributed by atoms with Gasteiger partial charge in [-0.25, -0.2) is 14.3 Å². The van der Waals surface area contributed by atoms with Crippen LogP contribution in [0.1, 0.15) is 48.0 Å². The summed E-state index contributed by atoms with van der Waals surface area (Å²) in [5, 5.41) is 4.62. The van der Waals surface area contributed by atoms with Crippen molar-refractivity contribution in [2.24, 2.45) is 0 Å². The molecule has 1 atom stereocenters. The van der Waals surface area contributed by atoms with E-state index in [1.807, 2.05) is 39.0 Å². The van der Waals surface area contributed by atoms with Gasteiger partial charge in [-0.1, -0.05) is 25.1 Å². The van der Waals surface area contributed by atoms with E-state index < -0.39 is 11.9 Å². The van der Waals surface area contributed by atoms with Gasteiger partial charge in [0.2, 0.25) is 0 Å². The van der Waals surface area contributed by atoms with Crippen LogP contribution in [0.5, 0.6) is 11.5 Å². The van der Waals surface area contributed by atoms with Crippen LogP contribution in [0.15, 0.2) is 48.5 Å². The summed E-state index contributed by atoms with van der Waals surface area (Å²) in [7, 11) is 2.50. The summed E-state index contributed by atoms with van der Waals surface area (Å²) in [6, 6.07) is 14.3. The number of hydrogen-bond donors (Lipinski definition) is 0. The minimum absolute atomic E-state index is 0.00361. The molecule has 0 saturated carbocycles. The van der Waals surface area contributed by atoms with Gasteiger partial charge < -0.3 is 18.9 Å². The molecule has 8 nitrogen and oxygen atoms in total. The third-order valence-electron chi connectivity index (χ3n) is 5.07. The molecule has 0 aliphatic rings. The zero-order valence-corrected chi connectivity index (χ0v) is 19.5. The molecule has 174 valence electrons. The van der Waals surface area contributed by atoms with Crippen LogP contribution in [-0.2, 0) is 9.47 Å². The van der Waals surface area contributed by atoms with E-state index in [0.717, 1.165) is 6.42 Å². The average Bonchev–Trinajstić information content (AvgIpc) is 3.25. The Bertz CT molecular complexity index is 1120. The predicted octanol–water partition coefficient (Wildman–Crippen LogP) is 4.69. The third kappa shape index (κ3) is 5.00. The number of rotatable bonds is 9. The van der Waals surface area contributed by atoms with Crippen LogP contribution in [0.2, 0.25) is 0 Å². The molecule has 1 unspecified atom stereocenters. The molecule has 2 aromatic carbocycles. The van der Waals surface area contributed by atoms with Crippen molar-refractivity contribution < 1.29 is 28.5 Å². The Morgan fingerprint density at radius 2 is 1.67 bits per heavy atom. The molecule has 0 amide bonds. The molecule has 0 spiro atoms. The van der Waals surface area contributed by atoms with Crippen LogP contribution in [-0.4, -0.2) is 48.6 Å². The molecule has 1 aromatic heterocycles. The van der Waals surface area contributed by atoms with Crippen LogP contribution in [0.4, 0.5) is 0 Å². The Hall–Kier alpha value is -3.81. The van der Waals surface area contributed by atoms with Crippen molar-refractivity contribution in [2.45, 2.75) is 33.3 Å². The molecular formula is C25H28N2O6. The lowest BCUT2D eigenvalue weighted by Gasteiger charge is -2.17. The standard InChI is InChI=1S/C25H28N2O6/c1-6-16(3)33-19-14-13-17(15-20(19)32-7-2)22-21(24(28)30-4)23(25(29)31-5)27(26-22)18-11-9-8-10-12-18/h8-16H,6-7H2,1-5H3. The fourth-order valence-corrected chi connectivity index (χ4v) is 3.28. The van der Waals surface area contributed by atoms with E-state index in [1.54, 1.807) is 30.3 Å².